The van der Waals surface area contributed by atoms with E-state index in [9.17, 15) is 26.4 Å². The van der Waals surface area contributed by atoms with Crippen LogP contribution in [0, 0.1) is 13.8 Å². The summed E-state index contributed by atoms with van der Waals surface area (Å²) >= 11 is 0. The van der Waals surface area contributed by atoms with Gasteiger partial charge in [0.1, 0.15) is 0 Å². The van der Waals surface area contributed by atoms with Gasteiger partial charge in [0, 0.05) is 31.9 Å². The number of aryl methyl sites for hydroxylation is 2. The van der Waals surface area contributed by atoms with Crippen LogP contribution in [0.25, 0.3) is 16.6 Å². The Labute approximate surface area is 204 Å². The second kappa shape index (κ2) is 8.59. The topological polar surface area (TPSA) is 104 Å². The zero-order chi connectivity index (χ0) is 25.8. The fraction of sp³-hybridized carbons (Fsp3) is 0.348. The van der Waals surface area contributed by atoms with Crippen molar-refractivity contribution >= 4 is 32.1 Å². The van der Waals surface area contributed by atoms with Crippen LogP contribution in [0.15, 0.2) is 51.1 Å². The molecule has 3 heterocycles. The Hall–Kier alpha value is -3.45. The van der Waals surface area contributed by atoms with E-state index in [1.807, 2.05) is 11.8 Å². The first-order valence-electron chi connectivity index (χ1n) is 11.2. The molecule has 9 nitrogen and oxygen atoms in total. The third kappa shape index (κ3) is 4.32. The number of aromatic nitrogens is 4. The van der Waals surface area contributed by atoms with Gasteiger partial charge in [-0.05, 0) is 43.7 Å². The van der Waals surface area contributed by atoms with E-state index >= 15 is 0 Å². The Morgan fingerprint density at radius 3 is 2.42 bits per heavy atom. The Morgan fingerprint density at radius 1 is 1.03 bits per heavy atom. The van der Waals surface area contributed by atoms with Crippen molar-refractivity contribution in [3.8, 4) is 0 Å². The van der Waals surface area contributed by atoms with Crippen molar-refractivity contribution in [3.05, 3.63) is 57.9 Å². The standard InChI is InChI=1S/C23H23F3N6O3S/c1-14-3-6-19(15(2)11-14)36(34,35)22-20-27-21(33)17-5-4-16(12-18(17)32(20)29-28-22)31-9-7-30(8-10-31)13-23(24,25)26/h3-6,11-12H,7-10,13H2,1-2H3,(H,27,33). The number of anilines is 1. The molecule has 0 unspecified atom stereocenters. The van der Waals surface area contributed by atoms with Crippen molar-refractivity contribution in [2.45, 2.75) is 29.9 Å². The van der Waals surface area contributed by atoms with E-state index in [0.717, 1.165) is 5.56 Å². The predicted molar refractivity (Wildman–Crippen MR) is 127 cm³/mol. The van der Waals surface area contributed by atoms with E-state index in [0.29, 0.717) is 29.9 Å². The maximum absolute atomic E-state index is 13.4. The molecule has 1 saturated heterocycles. The van der Waals surface area contributed by atoms with Gasteiger partial charge in [-0.1, -0.05) is 22.9 Å². The molecule has 13 heteroatoms. The Balaban J connectivity index is 1.54. The molecule has 1 aliphatic rings. The maximum Gasteiger partial charge on any atom is 0.401 e. The molecule has 0 saturated carbocycles. The zero-order valence-electron chi connectivity index (χ0n) is 19.5. The Kier molecular flexibility index (Phi) is 5.79. The van der Waals surface area contributed by atoms with E-state index in [2.05, 4.69) is 15.3 Å². The lowest BCUT2D eigenvalue weighted by Crippen LogP contribution is -2.49. The van der Waals surface area contributed by atoms with Gasteiger partial charge in [0.05, 0.1) is 22.3 Å². The molecule has 0 atom stereocenters. The summed E-state index contributed by atoms with van der Waals surface area (Å²) in [5, 5.41) is 7.86. The molecule has 1 aliphatic heterocycles. The van der Waals surface area contributed by atoms with Crippen LogP contribution in [0.2, 0.25) is 0 Å². The molecule has 0 bridgehead atoms. The first-order chi connectivity index (χ1) is 16.9. The van der Waals surface area contributed by atoms with Crippen LogP contribution in [-0.4, -0.2) is 72.0 Å². The second-order valence-electron chi connectivity index (χ2n) is 8.96. The third-order valence-corrected chi connectivity index (χ3v) is 8.16. The zero-order valence-corrected chi connectivity index (χ0v) is 20.3. The van der Waals surface area contributed by atoms with Gasteiger partial charge in [-0.3, -0.25) is 9.69 Å². The van der Waals surface area contributed by atoms with Crippen LogP contribution in [0.3, 0.4) is 0 Å². The van der Waals surface area contributed by atoms with Gasteiger partial charge < -0.3 is 9.88 Å². The largest absolute Gasteiger partial charge is 0.401 e. The summed E-state index contributed by atoms with van der Waals surface area (Å²) < 4.78 is 66.2. The maximum atomic E-state index is 13.4. The van der Waals surface area contributed by atoms with E-state index < -0.39 is 28.1 Å². The van der Waals surface area contributed by atoms with Crippen molar-refractivity contribution in [1.29, 1.82) is 0 Å². The Bertz CT molecular complexity index is 1640. The average molecular weight is 521 g/mol. The number of alkyl halides is 3. The molecule has 2 aromatic carbocycles. The second-order valence-corrected chi connectivity index (χ2v) is 10.8. The molecule has 2 aromatic heterocycles. The minimum atomic E-state index is -4.25. The molecule has 4 aromatic rings. The highest BCUT2D eigenvalue weighted by atomic mass is 32.2. The molecule has 5 rings (SSSR count). The van der Waals surface area contributed by atoms with Crippen LogP contribution in [-0.2, 0) is 9.84 Å². The summed E-state index contributed by atoms with van der Waals surface area (Å²) in [7, 11) is -4.08. The van der Waals surface area contributed by atoms with E-state index in [1.54, 1.807) is 37.3 Å². The normalized spacial score (nSPS) is 15.8. The number of rotatable bonds is 4. The minimum Gasteiger partial charge on any atom is -0.369 e. The highest BCUT2D eigenvalue weighted by Gasteiger charge is 2.32. The minimum absolute atomic E-state index is 0.0559. The predicted octanol–water partition coefficient (Wildman–Crippen LogP) is 2.70. The number of sulfone groups is 1. The third-order valence-electron chi connectivity index (χ3n) is 6.34. The van der Waals surface area contributed by atoms with Crippen molar-refractivity contribution in [2.24, 2.45) is 0 Å². The first-order valence-corrected chi connectivity index (χ1v) is 12.7. The van der Waals surface area contributed by atoms with Gasteiger partial charge in [0.2, 0.25) is 14.9 Å². The van der Waals surface area contributed by atoms with Crippen molar-refractivity contribution in [2.75, 3.05) is 37.6 Å². The van der Waals surface area contributed by atoms with Gasteiger partial charge in [-0.2, -0.15) is 17.7 Å². The fourth-order valence-electron chi connectivity index (χ4n) is 4.61. The molecule has 0 radical (unpaired) electrons. The highest BCUT2D eigenvalue weighted by molar-refractivity contribution is 7.91. The number of aromatic amines is 1. The summed E-state index contributed by atoms with van der Waals surface area (Å²) in [5.74, 6) is 0. The lowest BCUT2D eigenvalue weighted by atomic mass is 10.2. The smallest absolute Gasteiger partial charge is 0.369 e. The quantitative estimate of drug-likeness (QED) is 0.441. The number of hydrogen-bond donors (Lipinski definition) is 1. The van der Waals surface area contributed by atoms with E-state index in [-0.39, 0.29) is 34.0 Å². The molecular weight excluding hydrogens is 497 g/mol. The van der Waals surface area contributed by atoms with Crippen LogP contribution < -0.4 is 10.5 Å². The Morgan fingerprint density at radius 2 is 1.75 bits per heavy atom. The summed E-state index contributed by atoms with van der Waals surface area (Å²) in [6.45, 7) is 3.81. The van der Waals surface area contributed by atoms with Gasteiger partial charge in [0.15, 0.2) is 5.65 Å². The average Bonchev–Trinajstić information content (AvgIpc) is 3.23. The molecule has 1 fully saturated rings. The number of piperazine rings is 1. The number of hydrogen-bond acceptors (Lipinski definition) is 7. The number of H-pyrrole nitrogens is 1. The summed E-state index contributed by atoms with van der Waals surface area (Å²) in [6, 6.07) is 9.92. The van der Waals surface area contributed by atoms with Gasteiger partial charge in [-0.25, -0.2) is 8.42 Å². The number of nitrogens with one attached hydrogen (secondary N) is 1. The SMILES string of the molecule is Cc1ccc(S(=O)(=O)c2nnn3c2[nH]c(=O)c2ccc(N4CCN(CC(F)(F)F)CC4)cc23)c(C)c1. The first kappa shape index (κ1) is 24.3. The van der Waals surface area contributed by atoms with Crippen molar-refractivity contribution < 1.29 is 21.6 Å². The summed E-state index contributed by atoms with van der Waals surface area (Å²) in [5.41, 5.74) is 1.93. The lowest BCUT2D eigenvalue weighted by Gasteiger charge is -2.36. The molecule has 0 aliphatic carbocycles. The number of benzene rings is 2. The molecular formula is C23H23F3N6O3S. The van der Waals surface area contributed by atoms with Gasteiger partial charge in [-0.15, -0.1) is 5.10 Å². The van der Waals surface area contributed by atoms with E-state index in [1.165, 1.54) is 15.5 Å². The van der Waals surface area contributed by atoms with Gasteiger partial charge >= 0.3 is 6.18 Å². The number of halogens is 3. The van der Waals surface area contributed by atoms with Gasteiger partial charge in [0.25, 0.3) is 5.56 Å². The monoisotopic (exact) mass is 520 g/mol. The van der Waals surface area contributed by atoms with Crippen LogP contribution >= 0.6 is 0 Å². The molecule has 190 valence electrons. The summed E-state index contributed by atoms with van der Waals surface area (Å²) in [6.07, 6.45) is -4.25. The molecule has 0 spiro atoms. The highest BCUT2D eigenvalue weighted by Crippen LogP contribution is 2.28. The van der Waals surface area contributed by atoms with Crippen molar-refractivity contribution in [1.82, 2.24) is 24.7 Å². The van der Waals surface area contributed by atoms with Crippen LogP contribution in [0.4, 0.5) is 18.9 Å². The summed E-state index contributed by atoms with van der Waals surface area (Å²) in [4.78, 5) is 18.8. The van der Waals surface area contributed by atoms with Crippen LogP contribution in [0.1, 0.15) is 11.1 Å². The molecule has 1 N–H and O–H groups in total. The number of nitrogens with zero attached hydrogens (tertiary/aromatic N) is 5. The fourth-order valence-corrected chi connectivity index (χ4v) is 6.08. The lowest BCUT2D eigenvalue weighted by molar-refractivity contribution is -0.146. The van der Waals surface area contributed by atoms with Crippen LogP contribution in [0.5, 0.6) is 0 Å². The number of fused-ring (bicyclic) bond motifs is 3. The van der Waals surface area contributed by atoms with Crippen molar-refractivity contribution in [3.63, 3.8) is 0 Å². The van der Waals surface area contributed by atoms with E-state index in [4.69, 9.17) is 0 Å². The molecule has 0 amide bonds. The molecule has 36 heavy (non-hydrogen) atoms.